The summed E-state index contributed by atoms with van der Waals surface area (Å²) in [7, 11) is 0. The lowest BCUT2D eigenvalue weighted by molar-refractivity contribution is -0.129. The van der Waals surface area contributed by atoms with Gasteiger partial charge in [-0.3, -0.25) is 14.8 Å². The maximum absolute atomic E-state index is 12.8. The quantitative estimate of drug-likeness (QED) is 0.479. The smallest absolute Gasteiger partial charge is 0.262 e. The van der Waals surface area contributed by atoms with Crippen LogP contribution in [0, 0.1) is 17.8 Å². The minimum atomic E-state index is -0.478. The van der Waals surface area contributed by atoms with E-state index in [1.165, 1.54) is 12.8 Å². The first-order valence-electron chi connectivity index (χ1n) is 13.0. The third kappa shape index (κ3) is 3.75. The van der Waals surface area contributed by atoms with Crippen LogP contribution in [0.4, 0.5) is 5.69 Å². The molecule has 2 N–H and O–H groups in total. The van der Waals surface area contributed by atoms with Crippen molar-refractivity contribution in [3.05, 3.63) is 59.4 Å². The zero-order valence-electron chi connectivity index (χ0n) is 20.1. The topological polar surface area (TPSA) is 114 Å². The van der Waals surface area contributed by atoms with Crippen LogP contribution in [0.1, 0.15) is 66.1 Å². The van der Waals surface area contributed by atoms with Gasteiger partial charge in [0.1, 0.15) is 0 Å². The summed E-state index contributed by atoms with van der Waals surface area (Å²) >= 11 is 0. The number of carbonyl (C=O) groups excluding carboxylic acids is 1. The summed E-state index contributed by atoms with van der Waals surface area (Å²) in [5.74, 6) is 1.76. The molecule has 36 heavy (non-hydrogen) atoms. The molecule has 8 heteroatoms. The molecule has 4 bridgehead atoms. The summed E-state index contributed by atoms with van der Waals surface area (Å²) < 4.78 is 5.61. The Morgan fingerprint density at radius 3 is 2.81 bits per heavy atom. The molecule has 0 spiro atoms. The summed E-state index contributed by atoms with van der Waals surface area (Å²) in [6.45, 7) is 0. The van der Waals surface area contributed by atoms with Gasteiger partial charge in [0.05, 0.1) is 22.5 Å². The average molecular weight is 484 g/mol. The summed E-state index contributed by atoms with van der Waals surface area (Å²) in [6.07, 6.45) is 14.4. The number of Topliss-reactive ketones (excluding diaryl/α,β-unsaturated/α-hetero) is 1. The molecule has 0 radical (unpaired) electrons. The number of rotatable bonds is 7. The van der Waals surface area contributed by atoms with Crippen molar-refractivity contribution in [1.82, 2.24) is 20.1 Å². The van der Waals surface area contributed by atoms with Crippen LogP contribution in [0.25, 0.3) is 17.5 Å². The van der Waals surface area contributed by atoms with Gasteiger partial charge in [0.25, 0.3) is 5.89 Å². The number of fused-ring (bicyclic) bond motifs is 1. The van der Waals surface area contributed by atoms with E-state index in [0.717, 1.165) is 53.9 Å². The van der Waals surface area contributed by atoms with Gasteiger partial charge in [-0.25, -0.2) is 0 Å². The Hall–Kier alpha value is -3.39. The van der Waals surface area contributed by atoms with Crippen LogP contribution in [0.5, 0.6) is 0 Å². The van der Waals surface area contributed by atoms with E-state index in [4.69, 9.17) is 4.52 Å². The number of ketones is 1. The standard InChI is InChI=1S/C28H29N5O3/c34-23(8-7-19-4-1-2-9-29-19)26-32-27(36-33-26)21-15-30-22-6-3-5-20(22)25(21)31-24-17-10-16-11-18(24)14-28(35,12-16)13-17/h1-5,9,15-18,24,35H,6-8,10-14H2,(H,30,31)/t16?,17-,18+,24?,28?. The Morgan fingerprint density at radius 2 is 2.03 bits per heavy atom. The summed E-state index contributed by atoms with van der Waals surface area (Å²) in [4.78, 5) is 26.2. The first-order valence-corrected chi connectivity index (χ1v) is 13.0. The number of nitrogens with one attached hydrogen (secondary N) is 1. The lowest BCUT2D eigenvalue weighted by Gasteiger charge is -2.58. The average Bonchev–Trinajstić information content (AvgIpc) is 3.54. The molecule has 184 valence electrons. The molecule has 0 aliphatic heterocycles. The van der Waals surface area contributed by atoms with E-state index in [1.807, 2.05) is 18.2 Å². The van der Waals surface area contributed by atoms with E-state index >= 15 is 0 Å². The maximum atomic E-state index is 12.8. The number of hydrogen-bond acceptors (Lipinski definition) is 8. The van der Waals surface area contributed by atoms with Gasteiger partial charge in [-0.1, -0.05) is 23.4 Å². The Morgan fingerprint density at radius 1 is 1.17 bits per heavy atom. The summed E-state index contributed by atoms with van der Waals surface area (Å²) in [6, 6.07) is 5.96. The molecule has 8 rings (SSSR count). The normalized spacial score (nSPS) is 29.5. The number of aromatic nitrogens is 4. The number of allylic oxidation sites excluding steroid dienone is 1. The molecule has 3 heterocycles. The van der Waals surface area contributed by atoms with Crippen molar-refractivity contribution in [2.24, 2.45) is 17.8 Å². The van der Waals surface area contributed by atoms with Crippen LogP contribution >= 0.6 is 0 Å². The highest BCUT2D eigenvalue weighted by molar-refractivity contribution is 5.93. The second-order valence-electron chi connectivity index (χ2n) is 11.0. The second-order valence-corrected chi connectivity index (χ2v) is 11.0. The molecule has 8 nitrogen and oxygen atoms in total. The van der Waals surface area contributed by atoms with Gasteiger partial charge in [0.2, 0.25) is 11.6 Å². The van der Waals surface area contributed by atoms with Crippen molar-refractivity contribution >= 4 is 17.5 Å². The maximum Gasteiger partial charge on any atom is 0.262 e. The van der Waals surface area contributed by atoms with Crippen LogP contribution in [0.2, 0.25) is 0 Å². The van der Waals surface area contributed by atoms with Crippen LogP contribution in [0.15, 0.2) is 41.2 Å². The van der Waals surface area contributed by atoms with Crippen molar-refractivity contribution in [3.8, 4) is 11.5 Å². The molecule has 0 amide bonds. The van der Waals surface area contributed by atoms with Gasteiger partial charge >= 0.3 is 0 Å². The lowest BCUT2D eigenvalue weighted by atomic mass is 9.52. The van der Waals surface area contributed by atoms with E-state index in [2.05, 4.69) is 37.6 Å². The number of nitrogens with zero attached hydrogens (tertiary/aromatic N) is 4. The highest BCUT2D eigenvalue weighted by Gasteiger charge is 2.54. The number of aryl methyl sites for hydroxylation is 1. The molecular weight excluding hydrogens is 454 g/mol. The van der Waals surface area contributed by atoms with Crippen molar-refractivity contribution in [2.75, 3.05) is 5.32 Å². The largest absolute Gasteiger partial charge is 0.390 e. The summed E-state index contributed by atoms with van der Waals surface area (Å²) in [5.41, 5.74) is 4.14. The Bertz CT molecular complexity index is 1330. The van der Waals surface area contributed by atoms with Crippen LogP contribution in [-0.4, -0.2) is 42.6 Å². The highest BCUT2D eigenvalue weighted by atomic mass is 16.5. The van der Waals surface area contributed by atoms with Crippen molar-refractivity contribution in [3.63, 3.8) is 0 Å². The first kappa shape index (κ1) is 21.9. The number of aliphatic hydroxyl groups is 1. The number of carbonyl (C=O) groups is 1. The second kappa shape index (κ2) is 8.34. The van der Waals surface area contributed by atoms with Gasteiger partial charge < -0.3 is 14.9 Å². The molecular formula is C28H29N5O3. The highest BCUT2D eigenvalue weighted by Crippen LogP contribution is 2.56. The lowest BCUT2D eigenvalue weighted by Crippen LogP contribution is -2.59. The molecule has 3 aromatic heterocycles. The first-order chi connectivity index (χ1) is 17.5. The van der Waals surface area contributed by atoms with E-state index < -0.39 is 5.60 Å². The van der Waals surface area contributed by atoms with E-state index in [0.29, 0.717) is 36.1 Å². The number of anilines is 1. The van der Waals surface area contributed by atoms with E-state index in [1.54, 1.807) is 12.4 Å². The molecule has 0 aromatic carbocycles. The minimum Gasteiger partial charge on any atom is -0.390 e. The molecule has 0 saturated heterocycles. The fraction of sp³-hybridized carbons (Fsp3) is 0.464. The Labute approximate surface area is 209 Å². The molecule has 5 aliphatic rings. The van der Waals surface area contributed by atoms with Crippen molar-refractivity contribution in [1.29, 1.82) is 0 Å². The zero-order valence-corrected chi connectivity index (χ0v) is 20.1. The summed E-state index contributed by atoms with van der Waals surface area (Å²) in [5, 5.41) is 18.9. The van der Waals surface area contributed by atoms with Gasteiger partial charge in [-0.15, -0.1) is 0 Å². The van der Waals surface area contributed by atoms with Gasteiger partial charge in [-0.05, 0) is 68.4 Å². The van der Waals surface area contributed by atoms with Gasteiger partial charge in [0.15, 0.2) is 0 Å². The molecule has 4 fully saturated rings. The zero-order chi connectivity index (χ0) is 24.3. The minimum absolute atomic E-state index is 0.0831. The molecule has 3 unspecified atom stereocenters. The third-order valence-corrected chi connectivity index (χ3v) is 8.59. The van der Waals surface area contributed by atoms with Crippen molar-refractivity contribution < 1.29 is 14.4 Å². The van der Waals surface area contributed by atoms with E-state index in [-0.39, 0.29) is 18.0 Å². The number of hydrogen-bond donors (Lipinski definition) is 2. The van der Waals surface area contributed by atoms with Crippen LogP contribution in [-0.2, 0) is 12.8 Å². The molecule has 4 saturated carbocycles. The van der Waals surface area contributed by atoms with E-state index in [9.17, 15) is 9.90 Å². The molecule has 3 aromatic rings. The van der Waals surface area contributed by atoms with Crippen LogP contribution in [0.3, 0.4) is 0 Å². The molecule has 5 atom stereocenters. The predicted molar refractivity (Wildman–Crippen MR) is 133 cm³/mol. The SMILES string of the molecule is O=C(CCc1ccccn1)c1noc(-c2cnc3c(c2NC2[C@@H]4CC5C[C@H]2CC(O)(C5)C4)C=CC3)n1. The van der Waals surface area contributed by atoms with Gasteiger partial charge in [0, 0.05) is 42.5 Å². The molecule has 5 aliphatic carbocycles. The monoisotopic (exact) mass is 483 g/mol. The fourth-order valence-electron chi connectivity index (χ4n) is 7.24. The van der Waals surface area contributed by atoms with Crippen molar-refractivity contribution in [2.45, 2.75) is 63.0 Å². The fourth-order valence-corrected chi connectivity index (χ4v) is 7.24. The predicted octanol–water partition coefficient (Wildman–Crippen LogP) is 4.26. The van der Waals surface area contributed by atoms with Crippen LogP contribution < -0.4 is 5.32 Å². The van der Waals surface area contributed by atoms with Gasteiger partial charge in [-0.2, -0.15) is 4.98 Å². The Kier molecular flexibility index (Phi) is 5.06. The Balaban J connectivity index is 1.16. The number of pyridine rings is 2. The third-order valence-electron chi connectivity index (χ3n) is 8.59.